The largest absolute Gasteiger partial charge is 0.492 e. The molecule has 0 unspecified atom stereocenters. The van der Waals surface area contributed by atoms with Crippen LogP contribution in [0.15, 0.2) is 59.4 Å². The summed E-state index contributed by atoms with van der Waals surface area (Å²) in [4.78, 5) is 17.7. The topological polar surface area (TPSA) is 75.8 Å². The molecular formula is C25H32ClN5O3. The summed E-state index contributed by atoms with van der Waals surface area (Å²) in [5.41, 5.74) is 0.949. The summed E-state index contributed by atoms with van der Waals surface area (Å²) in [5.74, 6) is 1.12. The van der Waals surface area contributed by atoms with Gasteiger partial charge in [0.25, 0.3) is 0 Å². The molecule has 1 fully saturated rings. The van der Waals surface area contributed by atoms with E-state index in [-0.39, 0.29) is 5.69 Å². The van der Waals surface area contributed by atoms with Gasteiger partial charge < -0.3 is 14.7 Å². The van der Waals surface area contributed by atoms with Crippen molar-refractivity contribution < 1.29 is 9.84 Å². The van der Waals surface area contributed by atoms with Crippen LogP contribution in [-0.2, 0) is 13.1 Å². The number of ether oxygens (including phenoxy) is 1. The molecule has 1 saturated heterocycles. The van der Waals surface area contributed by atoms with Crippen molar-refractivity contribution in [1.82, 2.24) is 19.2 Å². The highest BCUT2D eigenvalue weighted by atomic mass is 35.5. The van der Waals surface area contributed by atoms with E-state index in [9.17, 15) is 9.90 Å². The quantitative estimate of drug-likeness (QED) is 0.475. The van der Waals surface area contributed by atoms with Crippen molar-refractivity contribution in [1.29, 1.82) is 0 Å². The molecule has 182 valence electrons. The number of aliphatic hydroxyl groups excluding tert-OH is 1. The fraction of sp³-hybridized carbons (Fsp3) is 0.440. The molecule has 3 aromatic rings. The molecule has 4 rings (SSSR count). The highest BCUT2D eigenvalue weighted by molar-refractivity contribution is 6.30. The van der Waals surface area contributed by atoms with Crippen LogP contribution in [0.4, 0.5) is 5.69 Å². The van der Waals surface area contributed by atoms with E-state index in [1.807, 2.05) is 48.5 Å². The van der Waals surface area contributed by atoms with Crippen LogP contribution < -0.4 is 15.3 Å². The van der Waals surface area contributed by atoms with E-state index in [4.69, 9.17) is 16.3 Å². The van der Waals surface area contributed by atoms with Gasteiger partial charge in [-0.05, 0) is 43.7 Å². The Hall–Kier alpha value is -2.81. The zero-order chi connectivity index (χ0) is 23.9. The van der Waals surface area contributed by atoms with Crippen molar-refractivity contribution in [2.45, 2.75) is 32.5 Å². The van der Waals surface area contributed by atoms with Gasteiger partial charge in [0.1, 0.15) is 18.5 Å². The van der Waals surface area contributed by atoms with Crippen LogP contribution in [0.5, 0.6) is 5.75 Å². The number of aryl methyl sites for hydroxylation is 1. The van der Waals surface area contributed by atoms with Crippen LogP contribution in [0.2, 0.25) is 5.02 Å². The second-order valence-electron chi connectivity index (χ2n) is 8.52. The van der Waals surface area contributed by atoms with Gasteiger partial charge in [-0.1, -0.05) is 35.9 Å². The van der Waals surface area contributed by atoms with E-state index in [0.717, 1.165) is 55.6 Å². The van der Waals surface area contributed by atoms with Gasteiger partial charge in [-0.2, -0.15) is 5.10 Å². The van der Waals surface area contributed by atoms with Gasteiger partial charge >= 0.3 is 5.69 Å². The lowest BCUT2D eigenvalue weighted by Crippen LogP contribution is -2.46. The number of aromatic nitrogens is 3. The maximum absolute atomic E-state index is 12.9. The van der Waals surface area contributed by atoms with Gasteiger partial charge in [-0.3, -0.25) is 9.47 Å². The van der Waals surface area contributed by atoms with Gasteiger partial charge in [0.05, 0.1) is 6.54 Å². The van der Waals surface area contributed by atoms with Gasteiger partial charge in [-0.25, -0.2) is 9.48 Å². The van der Waals surface area contributed by atoms with Crippen LogP contribution in [0.25, 0.3) is 0 Å². The Labute approximate surface area is 204 Å². The highest BCUT2D eigenvalue weighted by Gasteiger charge is 2.19. The summed E-state index contributed by atoms with van der Waals surface area (Å²) in [7, 11) is 0. The number of benzene rings is 2. The second kappa shape index (κ2) is 11.6. The van der Waals surface area contributed by atoms with Crippen LogP contribution in [-0.4, -0.2) is 63.7 Å². The van der Waals surface area contributed by atoms with Crippen molar-refractivity contribution in [2.75, 3.05) is 44.2 Å². The van der Waals surface area contributed by atoms with Crippen molar-refractivity contribution in [3.05, 3.63) is 75.9 Å². The molecule has 0 bridgehead atoms. The minimum atomic E-state index is -0.828. The number of para-hydroxylation sites is 1. The normalized spacial score (nSPS) is 15.4. The molecule has 0 aliphatic carbocycles. The third-order valence-corrected chi connectivity index (χ3v) is 6.28. The molecule has 0 saturated carbocycles. The van der Waals surface area contributed by atoms with E-state index in [0.29, 0.717) is 25.5 Å². The van der Waals surface area contributed by atoms with Crippen molar-refractivity contribution in [3.63, 3.8) is 0 Å². The van der Waals surface area contributed by atoms with E-state index >= 15 is 0 Å². The number of hydrogen-bond acceptors (Lipinski definition) is 6. The molecule has 1 atom stereocenters. The van der Waals surface area contributed by atoms with E-state index in [1.165, 1.54) is 9.25 Å². The highest BCUT2D eigenvalue weighted by Crippen LogP contribution is 2.20. The number of anilines is 1. The third-order valence-electron chi connectivity index (χ3n) is 6.04. The van der Waals surface area contributed by atoms with Crippen LogP contribution in [0.1, 0.15) is 25.3 Å². The van der Waals surface area contributed by atoms with E-state index in [1.54, 1.807) is 6.92 Å². The van der Waals surface area contributed by atoms with Gasteiger partial charge in [0, 0.05) is 50.0 Å². The summed E-state index contributed by atoms with van der Waals surface area (Å²) < 4.78 is 8.70. The summed E-state index contributed by atoms with van der Waals surface area (Å²) in [6.45, 7) is 7.51. The first-order valence-electron chi connectivity index (χ1n) is 11.8. The SMILES string of the molecule is C[C@@H](O)c1nn(CCCN2CCN(c3cccc(Cl)c3)CC2)c(=O)n1CCOc1ccccc1. The molecule has 1 aliphatic heterocycles. The molecule has 9 heteroatoms. The molecule has 0 amide bonds. The Bertz CT molecular complexity index is 1110. The monoisotopic (exact) mass is 485 g/mol. The molecule has 2 heterocycles. The Kier molecular flexibility index (Phi) is 8.26. The van der Waals surface area contributed by atoms with E-state index < -0.39 is 6.10 Å². The molecule has 1 aromatic heterocycles. The standard InChI is InChI=1S/C25H32ClN5O3/c1-20(32)24-27-31(25(33)30(24)17-18-34-23-9-3-2-4-10-23)12-6-11-28-13-15-29(16-14-28)22-8-5-7-21(26)19-22/h2-5,7-10,19-20,32H,6,11-18H2,1H3/t20-/m1/s1. The molecule has 2 aromatic carbocycles. The summed E-state index contributed by atoms with van der Waals surface area (Å²) in [5, 5.41) is 15.3. The first kappa shape index (κ1) is 24.3. The number of piperazine rings is 1. The predicted octanol–water partition coefficient (Wildman–Crippen LogP) is 3.04. The van der Waals surface area contributed by atoms with Gasteiger partial charge in [-0.15, -0.1) is 0 Å². The van der Waals surface area contributed by atoms with Gasteiger partial charge in [0.15, 0.2) is 5.82 Å². The molecule has 8 nitrogen and oxygen atoms in total. The van der Waals surface area contributed by atoms with Gasteiger partial charge in [0.2, 0.25) is 0 Å². The molecule has 1 N–H and O–H groups in total. The third kappa shape index (κ3) is 6.20. The smallest absolute Gasteiger partial charge is 0.346 e. The lowest BCUT2D eigenvalue weighted by atomic mass is 10.2. The molecular weight excluding hydrogens is 454 g/mol. The van der Waals surface area contributed by atoms with Crippen molar-refractivity contribution >= 4 is 17.3 Å². The predicted molar refractivity (Wildman–Crippen MR) is 134 cm³/mol. The zero-order valence-electron chi connectivity index (χ0n) is 19.5. The van der Waals surface area contributed by atoms with Crippen molar-refractivity contribution in [2.24, 2.45) is 0 Å². The zero-order valence-corrected chi connectivity index (χ0v) is 20.3. The molecule has 34 heavy (non-hydrogen) atoms. The fourth-order valence-corrected chi connectivity index (χ4v) is 4.43. The average Bonchev–Trinajstić information content (AvgIpc) is 3.16. The van der Waals surface area contributed by atoms with Crippen LogP contribution >= 0.6 is 11.6 Å². The lowest BCUT2D eigenvalue weighted by molar-refractivity contribution is 0.179. The summed E-state index contributed by atoms with van der Waals surface area (Å²) in [6, 6.07) is 17.4. The summed E-state index contributed by atoms with van der Waals surface area (Å²) in [6.07, 6.45) is -0.0151. The van der Waals surface area contributed by atoms with Crippen LogP contribution in [0, 0.1) is 0 Å². The maximum Gasteiger partial charge on any atom is 0.346 e. The fourth-order valence-electron chi connectivity index (χ4n) is 4.24. The minimum absolute atomic E-state index is 0.210. The first-order valence-corrected chi connectivity index (χ1v) is 12.2. The summed E-state index contributed by atoms with van der Waals surface area (Å²) >= 11 is 6.13. The van der Waals surface area contributed by atoms with E-state index in [2.05, 4.69) is 21.0 Å². The Morgan fingerprint density at radius 1 is 1.03 bits per heavy atom. The number of nitrogens with zero attached hydrogens (tertiary/aromatic N) is 5. The number of rotatable bonds is 10. The first-order chi connectivity index (χ1) is 16.5. The maximum atomic E-state index is 12.9. The molecule has 1 aliphatic rings. The van der Waals surface area contributed by atoms with Crippen molar-refractivity contribution in [3.8, 4) is 5.75 Å². The van der Waals surface area contributed by atoms with Crippen LogP contribution in [0.3, 0.4) is 0 Å². The molecule has 0 radical (unpaired) electrons. The number of hydrogen-bond donors (Lipinski definition) is 1. The lowest BCUT2D eigenvalue weighted by Gasteiger charge is -2.36. The Morgan fingerprint density at radius 2 is 1.79 bits per heavy atom. The average molecular weight is 486 g/mol. The second-order valence-corrected chi connectivity index (χ2v) is 8.95. The number of halogens is 1. The number of aliphatic hydroxyl groups is 1. The Morgan fingerprint density at radius 3 is 2.50 bits per heavy atom. The minimum Gasteiger partial charge on any atom is -0.492 e. The Balaban J connectivity index is 1.27. The molecule has 0 spiro atoms.